The molecule has 0 saturated heterocycles. The Morgan fingerprint density at radius 1 is 1.40 bits per heavy atom. The standard InChI is InChI=1S/C12H15N2O/c1-9-4-5-12-11(3)13(8-10(2)15)6-7-14(9)12/h4-7H,8H2,1-3H3/q+1. The Kier molecular flexibility index (Phi) is 2.31. The maximum Gasteiger partial charge on any atom is 0.206 e. The van der Waals surface area contributed by atoms with Crippen molar-refractivity contribution < 1.29 is 9.36 Å². The van der Waals surface area contributed by atoms with Crippen molar-refractivity contribution in [1.82, 2.24) is 4.40 Å². The summed E-state index contributed by atoms with van der Waals surface area (Å²) in [6.07, 6.45) is 3.96. The smallest absolute Gasteiger partial charge is 0.206 e. The Balaban J connectivity index is 2.60. The molecule has 2 rings (SSSR count). The molecule has 0 fully saturated rings. The molecule has 0 aliphatic rings. The molecule has 0 spiro atoms. The van der Waals surface area contributed by atoms with E-state index in [0.717, 1.165) is 11.2 Å². The van der Waals surface area contributed by atoms with Gasteiger partial charge in [0, 0.05) is 19.5 Å². The Bertz CT molecular complexity index is 526. The molecule has 0 aromatic carbocycles. The zero-order valence-electron chi connectivity index (χ0n) is 9.32. The van der Waals surface area contributed by atoms with E-state index in [1.54, 1.807) is 6.92 Å². The minimum atomic E-state index is 0.177. The van der Waals surface area contributed by atoms with Gasteiger partial charge < -0.3 is 4.40 Å². The lowest BCUT2D eigenvalue weighted by Crippen LogP contribution is -2.40. The lowest BCUT2D eigenvalue weighted by Gasteiger charge is -2.01. The second-order valence-corrected chi connectivity index (χ2v) is 3.94. The van der Waals surface area contributed by atoms with E-state index < -0.39 is 0 Å². The molecule has 0 aliphatic carbocycles. The molecule has 78 valence electrons. The summed E-state index contributed by atoms with van der Waals surface area (Å²) in [7, 11) is 0. The van der Waals surface area contributed by atoms with Crippen molar-refractivity contribution in [2.75, 3.05) is 0 Å². The molecule has 0 amide bonds. The SMILES string of the molecule is CC(=O)C[n+]1ccn2c(C)ccc2c1C. The molecule has 3 heteroatoms. The topological polar surface area (TPSA) is 25.4 Å². The van der Waals surface area contributed by atoms with Crippen molar-refractivity contribution in [3.8, 4) is 0 Å². The van der Waals surface area contributed by atoms with Gasteiger partial charge in [-0.3, -0.25) is 4.79 Å². The molecule has 0 atom stereocenters. The molecule has 0 N–H and O–H groups in total. The third-order valence-electron chi connectivity index (χ3n) is 2.71. The van der Waals surface area contributed by atoms with E-state index in [-0.39, 0.29) is 5.78 Å². The fourth-order valence-electron chi connectivity index (χ4n) is 1.86. The number of ketones is 1. The first kappa shape index (κ1) is 9.90. The number of Topliss-reactive ketones (excluding diaryl/α,β-unsaturated/α-hetero) is 1. The molecule has 0 saturated carbocycles. The maximum absolute atomic E-state index is 11.1. The molecule has 2 heterocycles. The largest absolute Gasteiger partial charge is 0.310 e. The number of rotatable bonds is 2. The van der Waals surface area contributed by atoms with Gasteiger partial charge in [0.15, 0.2) is 12.0 Å². The third-order valence-corrected chi connectivity index (χ3v) is 2.71. The molecule has 3 nitrogen and oxygen atoms in total. The highest BCUT2D eigenvalue weighted by atomic mass is 16.1. The van der Waals surface area contributed by atoms with Crippen LogP contribution < -0.4 is 4.57 Å². The van der Waals surface area contributed by atoms with Crippen LogP contribution in [0.15, 0.2) is 24.5 Å². The summed E-state index contributed by atoms with van der Waals surface area (Å²) in [4.78, 5) is 11.1. The van der Waals surface area contributed by atoms with Gasteiger partial charge in [0.25, 0.3) is 0 Å². The van der Waals surface area contributed by atoms with Gasteiger partial charge in [0.05, 0.1) is 6.20 Å². The van der Waals surface area contributed by atoms with Crippen LogP contribution in [0.4, 0.5) is 0 Å². The van der Waals surface area contributed by atoms with Crippen LogP contribution in [0.3, 0.4) is 0 Å². The van der Waals surface area contributed by atoms with Crippen LogP contribution >= 0.6 is 0 Å². The van der Waals surface area contributed by atoms with E-state index in [1.165, 1.54) is 5.69 Å². The van der Waals surface area contributed by atoms with E-state index in [2.05, 4.69) is 23.5 Å². The minimum Gasteiger partial charge on any atom is -0.310 e. The van der Waals surface area contributed by atoms with E-state index >= 15 is 0 Å². The Hall–Kier alpha value is -1.64. The second-order valence-electron chi connectivity index (χ2n) is 3.94. The molecular weight excluding hydrogens is 188 g/mol. The van der Waals surface area contributed by atoms with Gasteiger partial charge >= 0.3 is 0 Å². The van der Waals surface area contributed by atoms with Gasteiger partial charge in [0.2, 0.25) is 12.2 Å². The molecule has 0 unspecified atom stereocenters. The van der Waals surface area contributed by atoms with Crippen molar-refractivity contribution in [1.29, 1.82) is 0 Å². The number of fused-ring (bicyclic) bond motifs is 1. The van der Waals surface area contributed by atoms with Crippen LogP contribution in [-0.4, -0.2) is 10.2 Å². The number of carbonyl (C=O) groups excluding carboxylic acids is 1. The van der Waals surface area contributed by atoms with Crippen LogP contribution in [-0.2, 0) is 11.3 Å². The van der Waals surface area contributed by atoms with Gasteiger partial charge in [-0.1, -0.05) is 0 Å². The zero-order valence-corrected chi connectivity index (χ0v) is 9.32. The van der Waals surface area contributed by atoms with E-state index in [0.29, 0.717) is 6.54 Å². The van der Waals surface area contributed by atoms with E-state index in [9.17, 15) is 4.79 Å². The summed E-state index contributed by atoms with van der Waals surface area (Å²) in [5.74, 6) is 0.177. The van der Waals surface area contributed by atoms with Crippen LogP contribution in [0.5, 0.6) is 0 Å². The molecule has 0 aliphatic heterocycles. The number of hydrogen-bond donors (Lipinski definition) is 0. The van der Waals surface area contributed by atoms with Gasteiger partial charge in [-0.05, 0) is 19.1 Å². The summed E-state index contributed by atoms with van der Waals surface area (Å²) in [5, 5.41) is 0. The van der Waals surface area contributed by atoms with Gasteiger partial charge in [-0.25, -0.2) is 0 Å². The van der Waals surface area contributed by atoms with Crippen LogP contribution in [0, 0.1) is 13.8 Å². The number of aromatic nitrogens is 2. The van der Waals surface area contributed by atoms with E-state index in [4.69, 9.17) is 0 Å². The Morgan fingerprint density at radius 2 is 2.13 bits per heavy atom. The summed E-state index contributed by atoms with van der Waals surface area (Å²) < 4.78 is 4.11. The second kappa shape index (κ2) is 3.50. The van der Waals surface area contributed by atoms with Crippen molar-refractivity contribution in [3.05, 3.63) is 35.9 Å². The minimum absolute atomic E-state index is 0.177. The summed E-state index contributed by atoms with van der Waals surface area (Å²) in [5.41, 5.74) is 3.50. The highest BCUT2D eigenvalue weighted by Gasteiger charge is 2.13. The molecule has 0 radical (unpaired) electrons. The van der Waals surface area contributed by atoms with E-state index in [1.807, 2.05) is 23.9 Å². The zero-order chi connectivity index (χ0) is 11.0. The summed E-state index contributed by atoms with van der Waals surface area (Å²) in [6.45, 7) is 6.17. The molecule has 15 heavy (non-hydrogen) atoms. The normalized spacial score (nSPS) is 10.9. The van der Waals surface area contributed by atoms with Gasteiger partial charge in [-0.15, -0.1) is 0 Å². The third kappa shape index (κ3) is 1.65. The van der Waals surface area contributed by atoms with Crippen molar-refractivity contribution in [3.63, 3.8) is 0 Å². The van der Waals surface area contributed by atoms with Crippen molar-refractivity contribution in [2.24, 2.45) is 0 Å². The quantitative estimate of drug-likeness (QED) is 0.678. The molecule has 0 bridgehead atoms. The summed E-state index contributed by atoms with van der Waals surface area (Å²) in [6, 6.07) is 4.17. The van der Waals surface area contributed by atoms with Gasteiger partial charge in [-0.2, -0.15) is 4.57 Å². The monoisotopic (exact) mass is 203 g/mol. The number of aryl methyl sites for hydroxylation is 2. The van der Waals surface area contributed by atoms with Crippen molar-refractivity contribution >= 4 is 11.3 Å². The molecular formula is C12H15N2O+. The average molecular weight is 203 g/mol. The lowest BCUT2D eigenvalue weighted by molar-refractivity contribution is -0.689. The van der Waals surface area contributed by atoms with Crippen LogP contribution in [0.1, 0.15) is 18.3 Å². The fraction of sp³-hybridized carbons (Fsp3) is 0.333. The van der Waals surface area contributed by atoms with Crippen molar-refractivity contribution in [2.45, 2.75) is 27.3 Å². The highest BCUT2D eigenvalue weighted by Crippen LogP contribution is 2.10. The lowest BCUT2D eigenvalue weighted by atomic mass is 10.3. The maximum atomic E-state index is 11.1. The first-order valence-corrected chi connectivity index (χ1v) is 5.06. The first-order chi connectivity index (χ1) is 7.09. The number of hydrogen-bond acceptors (Lipinski definition) is 1. The fourth-order valence-corrected chi connectivity index (χ4v) is 1.86. The first-order valence-electron chi connectivity index (χ1n) is 5.06. The highest BCUT2D eigenvalue weighted by molar-refractivity contribution is 5.73. The predicted octanol–water partition coefficient (Wildman–Crippen LogP) is 1.43. The summed E-state index contributed by atoms with van der Waals surface area (Å²) >= 11 is 0. The van der Waals surface area contributed by atoms with Crippen LogP contribution in [0.25, 0.3) is 5.52 Å². The average Bonchev–Trinajstić information content (AvgIpc) is 2.53. The Morgan fingerprint density at radius 3 is 2.80 bits per heavy atom. The van der Waals surface area contributed by atoms with Crippen LogP contribution in [0.2, 0.25) is 0 Å². The number of carbonyl (C=O) groups is 1. The number of nitrogens with zero attached hydrogens (tertiary/aromatic N) is 2. The molecule has 2 aromatic heterocycles. The Labute approximate surface area is 89.0 Å². The predicted molar refractivity (Wildman–Crippen MR) is 57.7 cm³/mol. The van der Waals surface area contributed by atoms with Gasteiger partial charge in [0.1, 0.15) is 5.52 Å². The molecule has 2 aromatic rings.